The molecule has 0 aliphatic carbocycles. The lowest BCUT2D eigenvalue weighted by Crippen LogP contribution is -2.42. The molecular weight excluding hydrogens is 296 g/mol. The van der Waals surface area contributed by atoms with Crippen molar-refractivity contribution in [2.75, 3.05) is 12.3 Å². The van der Waals surface area contributed by atoms with Gasteiger partial charge in [-0.3, -0.25) is 0 Å². The summed E-state index contributed by atoms with van der Waals surface area (Å²) in [5, 5.41) is 10.7. The van der Waals surface area contributed by atoms with Gasteiger partial charge in [-0.1, -0.05) is 30.0 Å². The van der Waals surface area contributed by atoms with Crippen LogP contribution in [-0.2, 0) is 9.24 Å². The molecule has 0 aromatic heterocycles. The monoisotopic (exact) mass is 307 g/mol. The van der Waals surface area contributed by atoms with Gasteiger partial charge in [0, 0.05) is 10.7 Å². The van der Waals surface area contributed by atoms with Crippen molar-refractivity contribution in [3.05, 3.63) is 35.9 Å². The van der Waals surface area contributed by atoms with Gasteiger partial charge in [-0.2, -0.15) is 13.0 Å². The Labute approximate surface area is 114 Å². The summed E-state index contributed by atoms with van der Waals surface area (Å²) in [7, 11) is 1.10. The van der Waals surface area contributed by atoms with Gasteiger partial charge in [0.15, 0.2) is 6.54 Å². The summed E-state index contributed by atoms with van der Waals surface area (Å²) in [6, 6.07) is 9.48. The van der Waals surface area contributed by atoms with Gasteiger partial charge in [-0.05, 0) is 12.1 Å². The molecule has 1 atom stereocenters. The fraction of sp³-hybridized carbons (Fsp3) is 0.300. The molecule has 0 amide bonds. The minimum absolute atomic E-state index is 0.551. The predicted octanol–water partition coefficient (Wildman–Crippen LogP) is 0.542. The molecule has 5 nitrogen and oxygen atoms in total. The van der Waals surface area contributed by atoms with Crippen molar-refractivity contribution in [2.24, 2.45) is 0 Å². The van der Waals surface area contributed by atoms with Gasteiger partial charge in [0.05, 0.1) is 11.3 Å². The SMILES string of the molecule is O=S(=O)(Cl)NC(O)[N+]1=C(c2ccccc2)SCC1. The third kappa shape index (κ3) is 3.46. The lowest BCUT2D eigenvalue weighted by molar-refractivity contribution is -0.603. The molecule has 0 spiro atoms. The highest BCUT2D eigenvalue weighted by Crippen LogP contribution is 2.19. The van der Waals surface area contributed by atoms with Crippen LogP contribution in [0.2, 0.25) is 0 Å². The van der Waals surface area contributed by atoms with Crippen molar-refractivity contribution in [1.29, 1.82) is 0 Å². The van der Waals surface area contributed by atoms with Gasteiger partial charge in [0.25, 0.3) is 0 Å². The molecule has 8 heteroatoms. The molecule has 0 radical (unpaired) electrons. The third-order valence-electron chi connectivity index (χ3n) is 2.39. The zero-order chi connectivity index (χ0) is 13.2. The molecule has 0 fully saturated rings. The van der Waals surface area contributed by atoms with Gasteiger partial charge < -0.3 is 5.11 Å². The summed E-state index contributed by atoms with van der Waals surface area (Å²) in [4.78, 5) is 0. The van der Waals surface area contributed by atoms with E-state index in [0.29, 0.717) is 6.54 Å². The van der Waals surface area contributed by atoms with Crippen LogP contribution in [-0.4, -0.2) is 41.8 Å². The van der Waals surface area contributed by atoms with Gasteiger partial charge in [0.2, 0.25) is 5.04 Å². The van der Waals surface area contributed by atoms with Gasteiger partial charge >= 0.3 is 15.6 Å². The Morgan fingerprint density at radius 2 is 2.06 bits per heavy atom. The molecule has 1 aliphatic heterocycles. The van der Waals surface area contributed by atoms with Crippen molar-refractivity contribution < 1.29 is 18.1 Å². The minimum atomic E-state index is -3.96. The normalized spacial score (nSPS) is 18.1. The van der Waals surface area contributed by atoms with Gasteiger partial charge in [-0.15, -0.1) is 4.72 Å². The van der Waals surface area contributed by atoms with Gasteiger partial charge in [-0.25, -0.2) is 0 Å². The van der Waals surface area contributed by atoms with E-state index in [2.05, 4.69) is 0 Å². The highest BCUT2D eigenvalue weighted by molar-refractivity contribution is 8.14. The summed E-state index contributed by atoms with van der Waals surface area (Å²) in [6.07, 6.45) is -1.35. The van der Waals surface area contributed by atoms with Crippen molar-refractivity contribution >= 4 is 36.7 Å². The molecule has 1 heterocycles. The number of aliphatic hydroxyl groups excluding tert-OH is 1. The van der Waals surface area contributed by atoms with E-state index in [9.17, 15) is 13.5 Å². The second-order valence-electron chi connectivity index (χ2n) is 3.64. The van der Waals surface area contributed by atoms with Crippen molar-refractivity contribution in [3.63, 3.8) is 0 Å². The summed E-state index contributed by atoms with van der Waals surface area (Å²) < 4.78 is 25.3. The first kappa shape index (κ1) is 13.8. The van der Waals surface area contributed by atoms with Crippen LogP contribution in [0.15, 0.2) is 30.3 Å². The average Bonchev–Trinajstić information content (AvgIpc) is 2.76. The summed E-state index contributed by atoms with van der Waals surface area (Å²) in [5.74, 6) is 0.783. The first-order valence-corrected chi connectivity index (χ1v) is 8.49. The van der Waals surface area contributed by atoms with Crippen molar-refractivity contribution in [1.82, 2.24) is 4.72 Å². The van der Waals surface area contributed by atoms with Crippen molar-refractivity contribution in [3.8, 4) is 0 Å². The quantitative estimate of drug-likeness (QED) is 0.484. The number of halogens is 1. The topological polar surface area (TPSA) is 69.4 Å². The number of hydrogen-bond donors (Lipinski definition) is 2. The molecule has 1 aliphatic rings. The summed E-state index contributed by atoms with van der Waals surface area (Å²) in [6.45, 7) is 0.551. The van der Waals surface area contributed by atoms with E-state index < -0.39 is 15.6 Å². The summed E-state index contributed by atoms with van der Waals surface area (Å²) >= 11 is 1.56. The number of aliphatic hydroxyl groups is 1. The van der Waals surface area contributed by atoms with Crippen LogP contribution >= 0.6 is 22.4 Å². The zero-order valence-corrected chi connectivity index (χ0v) is 11.7. The van der Waals surface area contributed by atoms with E-state index in [-0.39, 0.29) is 0 Å². The largest absolute Gasteiger partial charge is 0.331 e. The number of nitrogens with one attached hydrogen (secondary N) is 1. The maximum atomic E-state index is 10.9. The second-order valence-corrected chi connectivity index (χ2v) is 7.06. The van der Waals surface area contributed by atoms with Crippen LogP contribution in [0.25, 0.3) is 0 Å². The van der Waals surface area contributed by atoms with E-state index in [1.54, 1.807) is 16.3 Å². The maximum Gasteiger partial charge on any atom is 0.331 e. The van der Waals surface area contributed by atoms with Crippen LogP contribution in [0.4, 0.5) is 0 Å². The zero-order valence-electron chi connectivity index (χ0n) is 9.28. The van der Waals surface area contributed by atoms with Crippen LogP contribution in [0.5, 0.6) is 0 Å². The minimum Gasteiger partial charge on any atom is -0.323 e. The molecule has 2 N–H and O–H groups in total. The molecular formula is C10H12ClN2O3S2+. The highest BCUT2D eigenvalue weighted by atomic mass is 35.7. The number of nitrogens with zero attached hydrogens (tertiary/aromatic N) is 1. The lowest BCUT2D eigenvalue weighted by atomic mass is 10.2. The molecule has 1 unspecified atom stereocenters. The Hall–Kier alpha value is -0.600. The Balaban J connectivity index is 2.30. The number of rotatable bonds is 4. The molecule has 0 saturated heterocycles. The lowest BCUT2D eigenvalue weighted by Gasteiger charge is -2.08. The first-order valence-electron chi connectivity index (χ1n) is 5.19. The van der Waals surface area contributed by atoms with Crippen LogP contribution in [0.1, 0.15) is 5.56 Å². The van der Waals surface area contributed by atoms with Crippen molar-refractivity contribution in [2.45, 2.75) is 6.35 Å². The maximum absolute atomic E-state index is 10.9. The standard InChI is InChI=1S/C10H12ClN2O3S2/c11-18(15,16)12-10(14)13-6-7-17-9(13)8-4-2-1-3-5-8/h1-5,10,12,14H,6-7H2/q+1. The van der Waals surface area contributed by atoms with Crippen LogP contribution in [0, 0.1) is 0 Å². The smallest absolute Gasteiger partial charge is 0.323 e. The predicted molar refractivity (Wildman–Crippen MR) is 72.1 cm³/mol. The molecule has 0 saturated carbocycles. The molecule has 1 aromatic carbocycles. The molecule has 98 valence electrons. The van der Waals surface area contributed by atoms with E-state index in [1.165, 1.54) is 0 Å². The Morgan fingerprint density at radius 1 is 1.39 bits per heavy atom. The van der Waals surface area contributed by atoms with E-state index in [0.717, 1.165) is 16.4 Å². The Kier molecular flexibility index (Phi) is 4.29. The first-order chi connectivity index (χ1) is 8.47. The van der Waals surface area contributed by atoms with Crippen LogP contribution in [0.3, 0.4) is 0 Å². The average molecular weight is 308 g/mol. The van der Waals surface area contributed by atoms with E-state index in [1.807, 2.05) is 35.1 Å². The fourth-order valence-electron chi connectivity index (χ4n) is 1.68. The Morgan fingerprint density at radius 3 is 2.67 bits per heavy atom. The Bertz CT molecular complexity index is 560. The van der Waals surface area contributed by atoms with Crippen LogP contribution < -0.4 is 4.72 Å². The third-order valence-corrected chi connectivity index (χ3v) is 4.28. The summed E-state index contributed by atoms with van der Waals surface area (Å²) in [5.41, 5.74) is 0.938. The van der Waals surface area contributed by atoms with Gasteiger partial charge in [0.1, 0.15) is 0 Å². The molecule has 1 aromatic rings. The highest BCUT2D eigenvalue weighted by Gasteiger charge is 2.32. The van der Waals surface area contributed by atoms with E-state index in [4.69, 9.17) is 10.7 Å². The molecule has 0 bridgehead atoms. The molecule has 2 rings (SSSR count). The number of benzene rings is 1. The number of thioether (sulfide) groups is 1. The second kappa shape index (κ2) is 5.58. The van der Waals surface area contributed by atoms with E-state index >= 15 is 0 Å². The number of hydrogen-bond acceptors (Lipinski definition) is 4. The fourth-order valence-corrected chi connectivity index (χ4v) is 3.44. The molecule has 18 heavy (non-hydrogen) atoms.